The third kappa shape index (κ3) is 3.94. The molecule has 0 saturated carbocycles. The molecule has 0 spiro atoms. The van der Waals surface area contributed by atoms with Crippen LogP contribution in [0.1, 0.15) is 0 Å². The highest BCUT2D eigenvalue weighted by atomic mass is 79.9. The van der Waals surface area contributed by atoms with Crippen molar-refractivity contribution in [1.82, 2.24) is 4.90 Å². The molecule has 0 amide bonds. The SMILES string of the molecule is Oc1ccccc1N1CCN(C(=S)Nc2ccc(Br)cc2Cl)CC1. The number of thiocarbonyl (C=S) groups is 1. The number of halogens is 2. The Hall–Kier alpha value is -1.50. The molecule has 2 N–H and O–H groups in total. The Labute approximate surface area is 160 Å². The Balaban J connectivity index is 1.60. The zero-order valence-electron chi connectivity index (χ0n) is 12.9. The average Bonchev–Trinajstić information content (AvgIpc) is 2.58. The highest BCUT2D eigenvalue weighted by molar-refractivity contribution is 9.10. The lowest BCUT2D eigenvalue weighted by Crippen LogP contribution is -2.50. The molecule has 0 unspecified atom stereocenters. The van der Waals surface area contributed by atoms with E-state index in [4.69, 9.17) is 23.8 Å². The van der Waals surface area contributed by atoms with Gasteiger partial charge in [-0.15, -0.1) is 0 Å². The van der Waals surface area contributed by atoms with E-state index in [1.54, 1.807) is 6.07 Å². The van der Waals surface area contributed by atoms with Crippen LogP contribution in [0.25, 0.3) is 0 Å². The monoisotopic (exact) mass is 425 g/mol. The van der Waals surface area contributed by atoms with E-state index >= 15 is 0 Å². The number of hydrogen-bond acceptors (Lipinski definition) is 3. The molecule has 7 heteroatoms. The van der Waals surface area contributed by atoms with Crippen LogP contribution >= 0.6 is 39.7 Å². The molecule has 0 bridgehead atoms. The largest absolute Gasteiger partial charge is 0.506 e. The van der Waals surface area contributed by atoms with Crippen LogP contribution in [0.2, 0.25) is 5.02 Å². The minimum atomic E-state index is 0.313. The number of phenols is 1. The normalized spacial score (nSPS) is 14.6. The summed E-state index contributed by atoms with van der Waals surface area (Å²) in [5.41, 5.74) is 1.67. The molecule has 1 heterocycles. The van der Waals surface area contributed by atoms with Crippen LogP contribution in [-0.2, 0) is 0 Å². The van der Waals surface area contributed by atoms with Gasteiger partial charge in [0.05, 0.1) is 16.4 Å². The van der Waals surface area contributed by atoms with E-state index < -0.39 is 0 Å². The second-order valence-electron chi connectivity index (χ2n) is 5.52. The number of rotatable bonds is 2. The number of hydrogen-bond donors (Lipinski definition) is 2. The first-order valence-corrected chi connectivity index (χ1v) is 9.16. The molecule has 1 aliphatic rings. The molecule has 1 fully saturated rings. The van der Waals surface area contributed by atoms with Crippen molar-refractivity contribution in [2.75, 3.05) is 36.4 Å². The summed E-state index contributed by atoms with van der Waals surface area (Å²) in [4.78, 5) is 4.28. The van der Waals surface area contributed by atoms with E-state index in [0.29, 0.717) is 15.9 Å². The summed E-state index contributed by atoms with van der Waals surface area (Å²) >= 11 is 15.1. The van der Waals surface area contributed by atoms with Gasteiger partial charge in [-0.25, -0.2) is 0 Å². The first kappa shape index (κ1) is 17.3. The van der Waals surface area contributed by atoms with E-state index in [-0.39, 0.29) is 0 Å². The number of para-hydroxylation sites is 2. The molecule has 2 aromatic carbocycles. The van der Waals surface area contributed by atoms with E-state index in [9.17, 15) is 5.11 Å². The van der Waals surface area contributed by atoms with E-state index in [1.165, 1.54) is 0 Å². The second-order valence-corrected chi connectivity index (χ2v) is 7.23. The summed E-state index contributed by atoms with van der Waals surface area (Å²) in [5, 5.41) is 14.5. The molecule has 0 radical (unpaired) electrons. The Morgan fingerprint density at radius 2 is 1.83 bits per heavy atom. The van der Waals surface area contributed by atoms with Gasteiger partial charge in [0, 0.05) is 30.7 Å². The molecule has 0 atom stereocenters. The maximum Gasteiger partial charge on any atom is 0.173 e. The molecule has 3 rings (SSSR count). The van der Waals surface area contributed by atoms with Gasteiger partial charge in [-0.05, 0) is 42.5 Å². The van der Waals surface area contributed by atoms with Crippen LogP contribution in [0.4, 0.5) is 11.4 Å². The third-order valence-electron chi connectivity index (χ3n) is 3.96. The number of anilines is 2. The molecular formula is C17H17BrClN3OS. The van der Waals surface area contributed by atoms with Gasteiger partial charge in [-0.3, -0.25) is 0 Å². The lowest BCUT2D eigenvalue weighted by atomic mass is 10.2. The van der Waals surface area contributed by atoms with Crippen molar-refractivity contribution in [3.05, 3.63) is 52.0 Å². The van der Waals surface area contributed by atoms with Gasteiger partial charge < -0.3 is 20.2 Å². The van der Waals surface area contributed by atoms with Crippen molar-refractivity contribution in [2.24, 2.45) is 0 Å². The van der Waals surface area contributed by atoms with Gasteiger partial charge in [-0.1, -0.05) is 39.7 Å². The van der Waals surface area contributed by atoms with Crippen molar-refractivity contribution >= 4 is 56.2 Å². The van der Waals surface area contributed by atoms with Gasteiger partial charge >= 0.3 is 0 Å². The van der Waals surface area contributed by atoms with E-state index in [1.807, 2.05) is 36.4 Å². The Morgan fingerprint density at radius 3 is 2.50 bits per heavy atom. The lowest BCUT2D eigenvalue weighted by molar-refractivity contribution is 0.387. The van der Waals surface area contributed by atoms with Crippen molar-refractivity contribution in [3.8, 4) is 5.75 Å². The predicted octanol–water partition coefficient (Wildman–Crippen LogP) is 4.33. The smallest absolute Gasteiger partial charge is 0.173 e. The van der Waals surface area contributed by atoms with E-state index in [2.05, 4.69) is 31.0 Å². The Morgan fingerprint density at radius 1 is 1.12 bits per heavy atom. The number of nitrogens with zero attached hydrogens (tertiary/aromatic N) is 2. The molecule has 1 aliphatic heterocycles. The van der Waals surface area contributed by atoms with Gasteiger partial charge in [0.25, 0.3) is 0 Å². The number of benzene rings is 2. The quantitative estimate of drug-likeness (QED) is 0.700. The fourth-order valence-electron chi connectivity index (χ4n) is 2.67. The van der Waals surface area contributed by atoms with Crippen molar-refractivity contribution in [3.63, 3.8) is 0 Å². The molecule has 24 heavy (non-hydrogen) atoms. The summed E-state index contributed by atoms with van der Waals surface area (Å²) in [6.07, 6.45) is 0. The first-order valence-electron chi connectivity index (χ1n) is 7.58. The molecule has 1 saturated heterocycles. The fraction of sp³-hybridized carbons (Fsp3) is 0.235. The van der Waals surface area contributed by atoms with Gasteiger partial charge in [-0.2, -0.15) is 0 Å². The minimum absolute atomic E-state index is 0.313. The molecule has 2 aromatic rings. The van der Waals surface area contributed by atoms with Gasteiger partial charge in [0.1, 0.15) is 5.75 Å². The van der Waals surface area contributed by atoms with Crippen LogP contribution in [0.15, 0.2) is 46.9 Å². The predicted molar refractivity (Wildman–Crippen MR) is 107 cm³/mol. The van der Waals surface area contributed by atoms with Crippen LogP contribution in [0.3, 0.4) is 0 Å². The van der Waals surface area contributed by atoms with Crippen LogP contribution in [-0.4, -0.2) is 41.3 Å². The zero-order chi connectivity index (χ0) is 17.1. The van der Waals surface area contributed by atoms with Crippen molar-refractivity contribution in [1.29, 1.82) is 0 Å². The van der Waals surface area contributed by atoms with Gasteiger partial charge in [0.15, 0.2) is 5.11 Å². The average molecular weight is 427 g/mol. The van der Waals surface area contributed by atoms with E-state index in [0.717, 1.165) is 42.0 Å². The van der Waals surface area contributed by atoms with Crippen LogP contribution in [0, 0.1) is 0 Å². The second kappa shape index (κ2) is 7.59. The van der Waals surface area contributed by atoms with Gasteiger partial charge in [0.2, 0.25) is 0 Å². The molecule has 126 valence electrons. The number of aromatic hydroxyl groups is 1. The van der Waals surface area contributed by atoms with Crippen LogP contribution < -0.4 is 10.2 Å². The fourth-order valence-corrected chi connectivity index (χ4v) is 3.68. The molecular weight excluding hydrogens is 410 g/mol. The summed E-state index contributed by atoms with van der Waals surface area (Å²) in [7, 11) is 0. The Kier molecular flexibility index (Phi) is 5.48. The third-order valence-corrected chi connectivity index (χ3v) is 5.13. The van der Waals surface area contributed by atoms with Crippen molar-refractivity contribution in [2.45, 2.75) is 0 Å². The summed E-state index contributed by atoms with van der Waals surface area (Å²) < 4.78 is 0.931. The molecule has 4 nitrogen and oxygen atoms in total. The van der Waals surface area contributed by atoms with Crippen LogP contribution in [0.5, 0.6) is 5.75 Å². The standard InChI is InChI=1S/C17H17BrClN3OS/c18-12-5-6-14(13(19)11-12)20-17(24)22-9-7-21(8-10-22)15-3-1-2-4-16(15)23/h1-6,11,23H,7-10H2,(H,20,24). The highest BCUT2D eigenvalue weighted by Crippen LogP contribution is 2.28. The number of phenolic OH excluding ortho intramolecular Hbond substituents is 1. The minimum Gasteiger partial charge on any atom is -0.506 e. The zero-order valence-corrected chi connectivity index (χ0v) is 16.0. The summed E-state index contributed by atoms with van der Waals surface area (Å²) in [6, 6.07) is 13.1. The lowest BCUT2D eigenvalue weighted by Gasteiger charge is -2.37. The van der Waals surface area contributed by atoms with Crippen molar-refractivity contribution < 1.29 is 5.11 Å². The maximum absolute atomic E-state index is 9.97. The highest BCUT2D eigenvalue weighted by Gasteiger charge is 2.21. The summed E-state index contributed by atoms with van der Waals surface area (Å²) in [5.74, 6) is 0.313. The number of piperazine rings is 1. The topological polar surface area (TPSA) is 38.7 Å². The molecule has 0 aliphatic carbocycles. The summed E-state index contributed by atoms with van der Waals surface area (Å²) in [6.45, 7) is 3.17. The Bertz CT molecular complexity index is 750. The first-order chi connectivity index (χ1) is 11.5. The maximum atomic E-state index is 9.97. The number of nitrogens with one attached hydrogen (secondary N) is 1. The molecule has 0 aromatic heterocycles.